The van der Waals surface area contributed by atoms with Gasteiger partial charge >= 0.3 is 0 Å². The Kier molecular flexibility index (Phi) is 4.68. The van der Waals surface area contributed by atoms with E-state index >= 15 is 0 Å². The quantitative estimate of drug-likeness (QED) is 0.670. The third-order valence-electron chi connectivity index (χ3n) is 2.03. The molecule has 0 saturated heterocycles. The van der Waals surface area contributed by atoms with Crippen LogP contribution >= 0.6 is 0 Å². The Morgan fingerprint density at radius 2 is 2.27 bits per heavy atom. The molecule has 0 spiro atoms. The molecule has 0 aliphatic carbocycles. The highest BCUT2D eigenvalue weighted by Crippen LogP contribution is 2.14. The molecule has 1 amide bonds. The Morgan fingerprint density at radius 1 is 1.47 bits per heavy atom. The van der Waals surface area contributed by atoms with Crippen LogP contribution in [0.5, 0.6) is 5.75 Å². The molecule has 0 heterocycles. The SMILES string of the molecule is CCCCOc1cccc(CC([NH])=O)c1. The van der Waals surface area contributed by atoms with Gasteiger partial charge in [-0.2, -0.15) is 0 Å². The lowest BCUT2D eigenvalue weighted by Crippen LogP contribution is -2.03. The number of nitrogens with one attached hydrogen (secondary N) is 1. The van der Waals surface area contributed by atoms with Crippen molar-refractivity contribution in [2.45, 2.75) is 26.2 Å². The highest BCUT2D eigenvalue weighted by Gasteiger charge is 2.00. The standard InChI is InChI=1S/C12H16NO2/c1-2-3-7-15-11-6-4-5-10(8-11)9-12(13)14/h4-6,8,13H,2-3,7,9H2,1H3. The van der Waals surface area contributed by atoms with E-state index in [-0.39, 0.29) is 6.42 Å². The van der Waals surface area contributed by atoms with E-state index in [1.807, 2.05) is 24.3 Å². The molecule has 1 aromatic rings. The van der Waals surface area contributed by atoms with Crippen LogP contribution in [-0.4, -0.2) is 12.5 Å². The summed E-state index contributed by atoms with van der Waals surface area (Å²) in [6.07, 6.45) is 2.29. The van der Waals surface area contributed by atoms with Crippen LogP contribution in [0.2, 0.25) is 0 Å². The van der Waals surface area contributed by atoms with Gasteiger partial charge in [0.1, 0.15) is 5.75 Å². The van der Waals surface area contributed by atoms with Crippen LogP contribution in [0.25, 0.3) is 0 Å². The fraction of sp³-hybridized carbons (Fsp3) is 0.417. The largest absolute Gasteiger partial charge is 0.494 e. The third-order valence-corrected chi connectivity index (χ3v) is 2.03. The van der Waals surface area contributed by atoms with Gasteiger partial charge in [0, 0.05) is 0 Å². The summed E-state index contributed by atoms with van der Waals surface area (Å²) >= 11 is 0. The number of rotatable bonds is 6. The topological polar surface area (TPSA) is 50.1 Å². The van der Waals surface area contributed by atoms with Gasteiger partial charge in [0.2, 0.25) is 5.91 Å². The Morgan fingerprint density at radius 3 is 2.93 bits per heavy atom. The van der Waals surface area contributed by atoms with Crippen molar-refractivity contribution in [3.8, 4) is 5.75 Å². The van der Waals surface area contributed by atoms with Gasteiger partial charge in [0.15, 0.2) is 0 Å². The molecule has 1 N–H and O–H groups in total. The van der Waals surface area contributed by atoms with Gasteiger partial charge < -0.3 is 4.74 Å². The second kappa shape index (κ2) is 6.06. The number of carbonyl (C=O) groups is 1. The van der Waals surface area contributed by atoms with Crippen molar-refractivity contribution < 1.29 is 9.53 Å². The number of carbonyl (C=O) groups excluding carboxylic acids is 1. The first-order chi connectivity index (χ1) is 7.22. The van der Waals surface area contributed by atoms with Gasteiger partial charge in [-0.15, -0.1) is 0 Å². The smallest absolute Gasteiger partial charge is 0.242 e. The number of ether oxygens (including phenoxy) is 1. The van der Waals surface area contributed by atoms with Gasteiger partial charge in [-0.05, 0) is 24.1 Å². The van der Waals surface area contributed by atoms with E-state index in [0.717, 1.165) is 24.2 Å². The van der Waals surface area contributed by atoms with Crippen LogP contribution < -0.4 is 10.5 Å². The Hall–Kier alpha value is -1.51. The van der Waals surface area contributed by atoms with Crippen LogP contribution in [0.15, 0.2) is 24.3 Å². The van der Waals surface area contributed by atoms with Crippen LogP contribution in [-0.2, 0) is 11.2 Å². The molecule has 0 atom stereocenters. The monoisotopic (exact) mass is 206 g/mol. The average molecular weight is 206 g/mol. The average Bonchev–Trinajstić information content (AvgIpc) is 2.18. The highest BCUT2D eigenvalue weighted by molar-refractivity contribution is 5.75. The van der Waals surface area contributed by atoms with Gasteiger partial charge in [-0.25, -0.2) is 0 Å². The number of amides is 1. The second-order valence-corrected chi connectivity index (χ2v) is 3.45. The molecule has 81 valence electrons. The zero-order valence-electron chi connectivity index (χ0n) is 8.95. The number of unbranched alkanes of at least 4 members (excludes halogenated alkanes) is 1. The van der Waals surface area contributed by atoms with Gasteiger partial charge in [0.25, 0.3) is 0 Å². The molecule has 0 aromatic heterocycles. The molecule has 0 aliphatic rings. The van der Waals surface area contributed by atoms with Crippen molar-refractivity contribution in [1.29, 1.82) is 0 Å². The summed E-state index contributed by atoms with van der Waals surface area (Å²) < 4.78 is 5.50. The molecule has 0 aliphatic heterocycles. The Labute approximate surface area is 90.2 Å². The summed E-state index contributed by atoms with van der Waals surface area (Å²) in [7, 11) is 0. The molecular weight excluding hydrogens is 190 g/mol. The summed E-state index contributed by atoms with van der Waals surface area (Å²) in [5, 5.41) is 0. The molecule has 0 saturated carbocycles. The first-order valence-electron chi connectivity index (χ1n) is 5.18. The molecule has 3 nitrogen and oxygen atoms in total. The predicted molar refractivity (Wildman–Crippen MR) is 58.7 cm³/mol. The summed E-state index contributed by atoms with van der Waals surface area (Å²) in [6, 6.07) is 7.37. The lowest BCUT2D eigenvalue weighted by atomic mass is 10.1. The van der Waals surface area contributed by atoms with Crippen LogP contribution in [0.3, 0.4) is 0 Å². The molecule has 1 rings (SSSR count). The zero-order chi connectivity index (χ0) is 11.1. The summed E-state index contributed by atoms with van der Waals surface area (Å²) in [6.45, 7) is 2.81. The minimum atomic E-state index is -0.569. The third kappa shape index (κ3) is 4.49. The van der Waals surface area contributed by atoms with Crippen LogP contribution in [0, 0.1) is 0 Å². The summed E-state index contributed by atoms with van der Waals surface area (Å²) in [5.74, 6) is 0.211. The minimum Gasteiger partial charge on any atom is -0.494 e. The van der Waals surface area contributed by atoms with Crippen molar-refractivity contribution >= 4 is 5.91 Å². The van der Waals surface area contributed by atoms with Gasteiger partial charge in [-0.3, -0.25) is 10.5 Å². The lowest BCUT2D eigenvalue weighted by molar-refractivity contribution is -0.118. The molecule has 0 unspecified atom stereocenters. The van der Waals surface area contributed by atoms with Crippen LogP contribution in [0.1, 0.15) is 25.3 Å². The second-order valence-electron chi connectivity index (χ2n) is 3.45. The Bertz CT molecular complexity index is 323. The van der Waals surface area contributed by atoms with E-state index in [2.05, 4.69) is 6.92 Å². The molecule has 0 fully saturated rings. The molecule has 15 heavy (non-hydrogen) atoms. The fourth-order valence-electron chi connectivity index (χ4n) is 1.26. The molecule has 1 radical (unpaired) electrons. The van der Waals surface area contributed by atoms with E-state index < -0.39 is 5.91 Å². The minimum absolute atomic E-state index is 0.158. The van der Waals surface area contributed by atoms with E-state index in [4.69, 9.17) is 10.5 Å². The highest BCUT2D eigenvalue weighted by atomic mass is 16.5. The maximum atomic E-state index is 10.6. The molecule has 3 heteroatoms. The fourth-order valence-corrected chi connectivity index (χ4v) is 1.26. The number of hydrogen-bond donors (Lipinski definition) is 0. The first-order valence-corrected chi connectivity index (χ1v) is 5.18. The molecule has 1 aromatic carbocycles. The van der Waals surface area contributed by atoms with Gasteiger partial charge in [-0.1, -0.05) is 25.5 Å². The van der Waals surface area contributed by atoms with E-state index in [0.29, 0.717) is 6.61 Å². The van der Waals surface area contributed by atoms with E-state index in [1.54, 1.807) is 0 Å². The lowest BCUT2D eigenvalue weighted by Gasteiger charge is -2.06. The first kappa shape index (κ1) is 11.6. The Balaban J connectivity index is 2.53. The summed E-state index contributed by atoms with van der Waals surface area (Å²) in [4.78, 5) is 10.6. The van der Waals surface area contributed by atoms with Crippen LogP contribution in [0.4, 0.5) is 0 Å². The van der Waals surface area contributed by atoms with Crippen molar-refractivity contribution in [1.82, 2.24) is 5.73 Å². The van der Waals surface area contributed by atoms with Crippen molar-refractivity contribution in [3.05, 3.63) is 29.8 Å². The van der Waals surface area contributed by atoms with Crippen molar-refractivity contribution in [2.24, 2.45) is 0 Å². The normalized spacial score (nSPS) is 9.93. The zero-order valence-corrected chi connectivity index (χ0v) is 8.95. The molecular formula is C12H16NO2. The number of benzene rings is 1. The predicted octanol–water partition coefficient (Wildman–Crippen LogP) is 2.22. The maximum Gasteiger partial charge on any atom is 0.242 e. The van der Waals surface area contributed by atoms with Crippen molar-refractivity contribution in [2.75, 3.05) is 6.61 Å². The summed E-state index contributed by atoms with van der Waals surface area (Å²) in [5.41, 5.74) is 7.71. The van der Waals surface area contributed by atoms with Crippen molar-refractivity contribution in [3.63, 3.8) is 0 Å². The maximum absolute atomic E-state index is 10.6. The van der Waals surface area contributed by atoms with E-state index in [1.165, 1.54) is 0 Å². The molecule has 0 bridgehead atoms. The van der Waals surface area contributed by atoms with E-state index in [9.17, 15) is 4.79 Å². The number of hydrogen-bond acceptors (Lipinski definition) is 2. The van der Waals surface area contributed by atoms with Gasteiger partial charge in [0.05, 0.1) is 13.0 Å².